The molecule has 222 valence electrons. The van der Waals surface area contributed by atoms with E-state index in [0.29, 0.717) is 17.5 Å². The van der Waals surface area contributed by atoms with Gasteiger partial charge >= 0.3 is 0 Å². The van der Waals surface area contributed by atoms with E-state index in [1.807, 2.05) is 36.4 Å². The van der Waals surface area contributed by atoms with Gasteiger partial charge in [0, 0.05) is 22.1 Å². The Balaban J connectivity index is 1.37. The Hall–Kier alpha value is -5.93. The fraction of sp³-hybridized carbons (Fsp3) is 0.0682. The number of benzene rings is 7. The zero-order chi connectivity index (χ0) is 31.5. The van der Waals surface area contributed by atoms with Gasteiger partial charge in [0.15, 0.2) is 17.5 Å². The lowest BCUT2D eigenvalue weighted by Gasteiger charge is -2.23. The number of fused-ring (bicyclic) bond motifs is 5. The summed E-state index contributed by atoms with van der Waals surface area (Å²) in [7, 11) is 0. The molecule has 1 aliphatic carbocycles. The van der Waals surface area contributed by atoms with Crippen LogP contribution in [0.25, 0.3) is 78.0 Å². The first-order valence-electron chi connectivity index (χ1n) is 16.1. The third kappa shape index (κ3) is 4.39. The number of rotatable bonds is 4. The van der Waals surface area contributed by atoms with Crippen LogP contribution in [-0.4, -0.2) is 15.0 Å². The van der Waals surface area contributed by atoms with Gasteiger partial charge in [-0.05, 0) is 73.1 Å². The fourth-order valence-electron chi connectivity index (χ4n) is 7.38. The molecule has 0 saturated carbocycles. The average Bonchev–Trinajstić information content (AvgIpc) is 3.36. The molecule has 0 saturated heterocycles. The summed E-state index contributed by atoms with van der Waals surface area (Å²) in [5, 5.41) is 4.74. The maximum atomic E-state index is 5.16. The normalized spacial score (nSPS) is 13.1. The molecule has 8 aromatic rings. The van der Waals surface area contributed by atoms with Crippen LogP contribution in [0.3, 0.4) is 0 Å². The van der Waals surface area contributed by atoms with Gasteiger partial charge in [0.25, 0.3) is 0 Å². The van der Waals surface area contributed by atoms with Crippen molar-refractivity contribution in [3.8, 4) is 56.4 Å². The maximum Gasteiger partial charge on any atom is 0.164 e. The molecule has 0 unspecified atom stereocenters. The van der Waals surface area contributed by atoms with Crippen molar-refractivity contribution in [2.45, 2.75) is 19.3 Å². The van der Waals surface area contributed by atoms with E-state index in [9.17, 15) is 0 Å². The van der Waals surface area contributed by atoms with Crippen molar-refractivity contribution in [3.05, 3.63) is 163 Å². The zero-order valence-corrected chi connectivity index (χ0v) is 26.3. The van der Waals surface area contributed by atoms with Crippen molar-refractivity contribution in [2.24, 2.45) is 0 Å². The van der Waals surface area contributed by atoms with Crippen molar-refractivity contribution < 1.29 is 0 Å². The van der Waals surface area contributed by atoms with Crippen LogP contribution in [0.1, 0.15) is 25.0 Å². The summed E-state index contributed by atoms with van der Waals surface area (Å²) in [6, 6.07) is 53.7. The minimum Gasteiger partial charge on any atom is -0.208 e. The minimum atomic E-state index is -0.117. The van der Waals surface area contributed by atoms with Gasteiger partial charge in [-0.1, -0.05) is 147 Å². The summed E-state index contributed by atoms with van der Waals surface area (Å²) in [5.41, 5.74) is 10.5. The van der Waals surface area contributed by atoms with Gasteiger partial charge in [-0.3, -0.25) is 0 Å². The predicted molar refractivity (Wildman–Crippen MR) is 194 cm³/mol. The summed E-state index contributed by atoms with van der Waals surface area (Å²) in [6.45, 7) is 4.70. The fourth-order valence-corrected chi connectivity index (χ4v) is 7.38. The molecule has 7 aromatic carbocycles. The summed E-state index contributed by atoms with van der Waals surface area (Å²) >= 11 is 0. The molecule has 1 aromatic heterocycles. The quantitative estimate of drug-likeness (QED) is 0.201. The van der Waals surface area contributed by atoms with Crippen molar-refractivity contribution in [2.75, 3.05) is 0 Å². The molecule has 0 spiro atoms. The van der Waals surface area contributed by atoms with Gasteiger partial charge < -0.3 is 0 Å². The Labute approximate surface area is 274 Å². The van der Waals surface area contributed by atoms with Crippen molar-refractivity contribution in [1.82, 2.24) is 15.0 Å². The van der Waals surface area contributed by atoms with Crippen molar-refractivity contribution in [1.29, 1.82) is 0 Å². The first-order valence-corrected chi connectivity index (χ1v) is 16.1. The molecule has 0 aliphatic heterocycles. The van der Waals surface area contributed by atoms with E-state index in [0.717, 1.165) is 33.0 Å². The predicted octanol–water partition coefficient (Wildman–Crippen LogP) is 11.2. The van der Waals surface area contributed by atoms with Gasteiger partial charge in [-0.2, -0.15) is 0 Å². The van der Waals surface area contributed by atoms with Gasteiger partial charge in [0.1, 0.15) is 0 Å². The van der Waals surface area contributed by atoms with E-state index in [4.69, 9.17) is 15.0 Å². The van der Waals surface area contributed by atoms with E-state index < -0.39 is 0 Å². The van der Waals surface area contributed by atoms with Crippen LogP contribution in [0.5, 0.6) is 0 Å². The molecule has 9 rings (SSSR count). The van der Waals surface area contributed by atoms with Crippen LogP contribution in [0, 0.1) is 0 Å². The Kier molecular flexibility index (Phi) is 6.16. The molecular weight excluding hydrogens is 571 g/mol. The molecule has 0 bridgehead atoms. The van der Waals surface area contributed by atoms with E-state index in [-0.39, 0.29) is 5.41 Å². The van der Waals surface area contributed by atoms with Crippen LogP contribution in [0.15, 0.2) is 152 Å². The monoisotopic (exact) mass is 601 g/mol. The molecule has 0 radical (unpaired) electrons. The van der Waals surface area contributed by atoms with Crippen LogP contribution >= 0.6 is 0 Å². The summed E-state index contributed by atoms with van der Waals surface area (Å²) in [5.74, 6) is 1.98. The number of hydrogen-bond acceptors (Lipinski definition) is 3. The van der Waals surface area contributed by atoms with Crippen molar-refractivity contribution in [3.63, 3.8) is 0 Å². The standard InChI is InChI=1S/C44H31N3/c1-44(2)37-24-14-13-23-35(37)40-38(44)27-31-20-10-12-22-34(31)39(40)32-25-30-19-9-11-21-33(30)36(26-32)43-46-41(28-15-5-3-6-16-28)45-42(47-43)29-17-7-4-8-18-29/h3-27H,1-2H3. The van der Waals surface area contributed by atoms with Gasteiger partial charge in [0.05, 0.1) is 0 Å². The minimum absolute atomic E-state index is 0.117. The first kappa shape index (κ1) is 27.4. The lowest BCUT2D eigenvalue weighted by molar-refractivity contribution is 0.661. The Morgan fingerprint density at radius 1 is 0.383 bits per heavy atom. The van der Waals surface area contributed by atoms with E-state index in [1.54, 1.807) is 0 Å². The average molecular weight is 602 g/mol. The molecule has 3 heteroatoms. The number of nitrogens with zero attached hydrogens (tertiary/aromatic N) is 3. The molecule has 47 heavy (non-hydrogen) atoms. The summed E-state index contributed by atoms with van der Waals surface area (Å²) < 4.78 is 0. The third-order valence-corrected chi connectivity index (χ3v) is 9.68. The first-order chi connectivity index (χ1) is 23.1. The molecule has 1 aliphatic rings. The van der Waals surface area contributed by atoms with Gasteiger partial charge in [-0.25, -0.2) is 15.0 Å². The highest BCUT2D eigenvalue weighted by molar-refractivity contribution is 6.10. The smallest absolute Gasteiger partial charge is 0.164 e. The van der Waals surface area contributed by atoms with Crippen LogP contribution in [0.2, 0.25) is 0 Å². The van der Waals surface area contributed by atoms with Crippen LogP contribution < -0.4 is 0 Å². The summed E-state index contributed by atoms with van der Waals surface area (Å²) in [4.78, 5) is 15.3. The molecule has 3 nitrogen and oxygen atoms in total. The zero-order valence-electron chi connectivity index (χ0n) is 26.3. The Morgan fingerprint density at radius 2 is 0.915 bits per heavy atom. The summed E-state index contributed by atoms with van der Waals surface area (Å²) in [6.07, 6.45) is 0. The molecule has 0 fully saturated rings. The second-order valence-electron chi connectivity index (χ2n) is 12.8. The molecular formula is C44H31N3. The second-order valence-corrected chi connectivity index (χ2v) is 12.8. The molecule has 0 atom stereocenters. The highest BCUT2D eigenvalue weighted by atomic mass is 15.0. The molecule has 0 amide bonds. The maximum absolute atomic E-state index is 5.16. The largest absolute Gasteiger partial charge is 0.208 e. The van der Waals surface area contributed by atoms with E-state index in [2.05, 4.69) is 129 Å². The highest BCUT2D eigenvalue weighted by Gasteiger charge is 2.37. The molecule has 1 heterocycles. The van der Waals surface area contributed by atoms with Crippen LogP contribution in [-0.2, 0) is 5.41 Å². The SMILES string of the molecule is CC1(C)c2ccccc2-c2c1cc1ccccc1c2-c1cc(-c2nc(-c3ccccc3)nc(-c3ccccc3)n2)c2ccccc2c1. The highest BCUT2D eigenvalue weighted by Crippen LogP contribution is 2.54. The topological polar surface area (TPSA) is 38.7 Å². The third-order valence-electron chi connectivity index (χ3n) is 9.68. The lowest BCUT2D eigenvalue weighted by Crippen LogP contribution is -2.14. The van der Waals surface area contributed by atoms with Gasteiger partial charge in [-0.15, -0.1) is 0 Å². The Morgan fingerprint density at radius 3 is 1.60 bits per heavy atom. The lowest BCUT2D eigenvalue weighted by atomic mass is 9.80. The van der Waals surface area contributed by atoms with Gasteiger partial charge in [0.2, 0.25) is 0 Å². The van der Waals surface area contributed by atoms with Crippen molar-refractivity contribution >= 4 is 21.5 Å². The van der Waals surface area contributed by atoms with E-state index >= 15 is 0 Å². The Bertz CT molecular complexity index is 2420. The number of hydrogen-bond donors (Lipinski definition) is 0. The van der Waals surface area contributed by atoms with E-state index in [1.165, 1.54) is 38.6 Å². The van der Waals surface area contributed by atoms with Crippen LogP contribution in [0.4, 0.5) is 0 Å². The molecule has 0 N–H and O–H groups in total. The number of aromatic nitrogens is 3. The second kappa shape index (κ2) is 10.6.